The van der Waals surface area contributed by atoms with Gasteiger partial charge in [0.15, 0.2) is 0 Å². The summed E-state index contributed by atoms with van der Waals surface area (Å²) in [6.07, 6.45) is 2.26. The maximum absolute atomic E-state index is 14.1. The molecule has 10 heteroatoms. The van der Waals surface area contributed by atoms with Gasteiger partial charge in [-0.1, -0.05) is 72.8 Å². The van der Waals surface area contributed by atoms with Crippen LogP contribution in [0.4, 0.5) is 11.4 Å². The lowest BCUT2D eigenvalue weighted by molar-refractivity contribution is -0.384. The summed E-state index contributed by atoms with van der Waals surface area (Å²) in [5, 5.41) is 26.3. The van der Waals surface area contributed by atoms with Gasteiger partial charge in [-0.05, 0) is 34.5 Å². The number of nitro benzene ring substituents is 1. The number of non-ortho nitro benzene ring substituents is 1. The Kier molecular flexibility index (Phi) is 7.15. The molecule has 2 N–H and O–H groups in total. The van der Waals surface area contributed by atoms with Crippen molar-refractivity contribution in [2.24, 2.45) is 5.92 Å². The molecule has 4 aromatic rings. The number of amides is 2. The number of carbonyl (C=O) groups is 2. The third-order valence-electron chi connectivity index (χ3n) is 7.87. The number of hydrazine groups is 1. The molecule has 2 amide bonds. The molecule has 4 atom stereocenters. The first-order valence-electron chi connectivity index (χ1n) is 13.5. The molecule has 212 valence electrons. The highest BCUT2D eigenvalue weighted by atomic mass is 16.6. The van der Waals surface area contributed by atoms with E-state index in [0.717, 1.165) is 16.3 Å². The van der Waals surface area contributed by atoms with Gasteiger partial charge in [0.25, 0.3) is 5.69 Å². The number of aliphatic hydroxyl groups excluding tert-OH is 1. The first-order chi connectivity index (χ1) is 20.4. The molecule has 10 nitrogen and oxygen atoms in total. The van der Waals surface area contributed by atoms with E-state index in [2.05, 4.69) is 5.43 Å². The minimum absolute atomic E-state index is 0.0871. The summed E-state index contributed by atoms with van der Waals surface area (Å²) in [4.78, 5) is 39.7. The molecule has 0 aromatic heterocycles. The lowest BCUT2D eigenvalue weighted by atomic mass is 9.90. The number of methoxy groups -OCH3 is 1. The van der Waals surface area contributed by atoms with Crippen LogP contribution in [0.25, 0.3) is 10.8 Å². The Labute approximate surface area is 241 Å². The van der Waals surface area contributed by atoms with Crippen molar-refractivity contribution in [2.75, 3.05) is 12.5 Å². The Balaban J connectivity index is 1.37. The van der Waals surface area contributed by atoms with Crippen molar-refractivity contribution in [3.63, 3.8) is 0 Å². The van der Waals surface area contributed by atoms with Gasteiger partial charge in [-0.25, -0.2) is 5.01 Å². The molecule has 0 unspecified atom stereocenters. The largest absolute Gasteiger partial charge is 0.496 e. The summed E-state index contributed by atoms with van der Waals surface area (Å²) in [5.74, 6) is -1.06. The first-order valence-corrected chi connectivity index (χ1v) is 13.5. The second kappa shape index (κ2) is 11.1. The number of aliphatic hydroxyl groups is 1. The molecular formula is C32H28N4O6. The summed E-state index contributed by atoms with van der Waals surface area (Å²) in [6.45, 7) is 0.102. The highest BCUT2D eigenvalue weighted by molar-refractivity contribution is 6.08. The lowest BCUT2D eigenvalue weighted by Crippen LogP contribution is -2.55. The molecule has 0 aliphatic carbocycles. The number of ether oxygens (including phenoxy) is 1. The third-order valence-corrected chi connectivity index (χ3v) is 7.87. The van der Waals surface area contributed by atoms with Crippen LogP contribution in [-0.4, -0.2) is 50.9 Å². The number of nitrogens with one attached hydrogen (secondary N) is 1. The van der Waals surface area contributed by atoms with Gasteiger partial charge in [0.2, 0.25) is 11.8 Å². The van der Waals surface area contributed by atoms with Crippen LogP contribution in [0, 0.1) is 16.0 Å². The average Bonchev–Trinajstić information content (AvgIpc) is 3.26. The molecule has 2 heterocycles. The van der Waals surface area contributed by atoms with Crippen LogP contribution in [-0.2, 0) is 16.1 Å². The van der Waals surface area contributed by atoms with Crippen molar-refractivity contribution in [1.29, 1.82) is 0 Å². The second-order valence-electron chi connectivity index (χ2n) is 10.3. The Morgan fingerprint density at radius 1 is 0.929 bits per heavy atom. The van der Waals surface area contributed by atoms with Crippen LogP contribution < -0.4 is 10.2 Å². The fraction of sp³-hybridized carbons (Fsp3) is 0.188. The van der Waals surface area contributed by atoms with Crippen molar-refractivity contribution in [2.45, 2.75) is 24.7 Å². The van der Waals surface area contributed by atoms with Gasteiger partial charge in [0.1, 0.15) is 17.9 Å². The van der Waals surface area contributed by atoms with Gasteiger partial charge in [0.05, 0.1) is 30.5 Å². The Hall–Kier alpha value is -5.06. The summed E-state index contributed by atoms with van der Waals surface area (Å²) < 4.78 is 5.47. The first kappa shape index (κ1) is 27.1. The van der Waals surface area contributed by atoms with Crippen LogP contribution in [0.15, 0.2) is 103 Å². The third kappa shape index (κ3) is 4.76. The normalized spacial score (nSPS) is 20.9. The van der Waals surface area contributed by atoms with E-state index in [9.17, 15) is 24.8 Å². The number of nitrogens with zero attached hydrogens (tertiary/aromatic N) is 3. The van der Waals surface area contributed by atoms with Gasteiger partial charge in [-0.15, -0.1) is 0 Å². The molecule has 4 aromatic carbocycles. The Morgan fingerprint density at radius 2 is 1.64 bits per heavy atom. The molecule has 6 rings (SSSR count). The smallest absolute Gasteiger partial charge is 0.269 e. The van der Waals surface area contributed by atoms with E-state index in [1.165, 1.54) is 36.3 Å². The molecule has 2 aliphatic heterocycles. The zero-order chi connectivity index (χ0) is 29.4. The predicted octanol–water partition coefficient (Wildman–Crippen LogP) is 4.61. The Bertz CT molecular complexity index is 1700. The van der Waals surface area contributed by atoms with Crippen molar-refractivity contribution in [3.05, 3.63) is 124 Å². The fourth-order valence-electron chi connectivity index (χ4n) is 5.79. The van der Waals surface area contributed by atoms with Gasteiger partial charge in [0, 0.05) is 23.4 Å². The molecule has 2 aliphatic rings. The minimum Gasteiger partial charge on any atom is -0.496 e. The van der Waals surface area contributed by atoms with Gasteiger partial charge in [-0.3, -0.25) is 24.6 Å². The number of nitro groups is 1. The highest BCUT2D eigenvalue weighted by Crippen LogP contribution is 2.39. The van der Waals surface area contributed by atoms with Crippen LogP contribution in [0.1, 0.15) is 17.2 Å². The number of imide groups is 1. The fourth-order valence-corrected chi connectivity index (χ4v) is 5.79. The van der Waals surface area contributed by atoms with E-state index in [4.69, 9.17) is 4.74 Å². The second-order valence-corrected chi connectivity index (χ2v) is 10.3. The highest BCUT2D eigenvalue weighted by Gasteiger charge is 2.53. The standard InChI is InChI=1S/C32H28N4O6/c1-42-28-12-5-4-11-25(28)30(37)27-18-17-26-29(35(27)33-22-13-15-23(16-14-22)36(40)41)32(39)34(31(26)38)19-21-9-6-8-20-7-2-3-10-24(20)21/h2-18,26-27,29-30,33,37H,19H2,1H3/t26-,27-,29+,30-/m1/s1. The van der Waals surface area contributed by atoms with Crippen molar-refractivity contribution < 1.29 is 24.4 Å². The van der Waals surface area contributed by atoms with Crippen molar-refractivity contribution in [1.82, 2.24) is 9.91 Å². The number of anilines is 1. The molecule has 1 saturated heterocycles. The van der Waals surface area contributed by atoms with Crippen molar-refractivity contribution in [3.8, 4) is 5.75 Å². The van der Waals surface area contributed by atoms with Gasteiger partial charge < -0.3 is 15.3 Å². The monoisotopic (exact) mass is 564 g/mol. The number of para-hydroxylation sites is 1. The number of likely N-dealkylation sites (tertiary alicyclic amines) is 1. The summed E-state index contributed by atoms with van der Waals surface area (Å²) in [5.41, 5.74) is 4.90. The van der Waals surface area contributed by atoms with E-state index < -0.39 is 34.9 Å². The van der Waals surface area contributed by atoms with E-state index in [1.54, 1.807) is 41.4 Å². The van der Waals surface area contributed by atoms with Crippen LogP contribution >= 0.6 is 0 Å². The average molecular weight is 565 g/mol. The molecular weight excluding hydrogens is 536 g/mol. The molecule has 0 bridgehead atoms. The zero-order valence-corrected chi connectivity index (χ0v) is 22.7. The maximum Gasteiger partial charge on any atom is 0.269 e. The number of fused-ring (bicyclic) bond motifs is 2. The minimum atomic E-state index is -1.14. The molecule has 42 heavy (non-hydrogen) atoms. The number of carbonyl (C=O) groups excluding carboxylic acids is 2. The van der Waals surface area contributed by atoms with Gasteiger partial charge >= 0.3 is 0 Å². The Morgan fingerprint density at radius 3 is 2.40 bits per heavy atom. The van der Waals surface area contributed by atoms with Crippen molar-refractivity contribution >= 4 is 34.0 Å². The van der Waals surface area contributed by atoms with Gasteiger partial charge in [-0.2, -0.15) is 0 Å². The molecule has 0 radical (unpaired) electrons. The number of rotatable bonds is 8. The maximum atomic E-state index is 14.1. The van der Waals surface area contributed by atoms with Crippen LogP contribution in [0.2, 0.25) is 0 Å². The molecule has 1 fully saturated rings. The van der Waals surface area contributed by atoms with E-state index >= 15 is 0 Å². The lowest BCUT2D eigenvalue weighted by Gasteiger charge is -2.40. The summed E-state index contributed by atoms with van der Waals surface area (Å²) in [6, 6.07) is 24.6. The summed E-state index contributed by atoms with van der Waals surface area (Å²) >= 11 is 0. The summed E-state index contributed by atoms with van der Waals surface area (Å²) in [7, 11) is 1.51. The van der Waals surface area contributed by atoms with Crippen LogP contribution in [0.3, 0.4) is 0 Å². The number of hydrogen-bond donors (Lipinski definition) is 2. The van der Waals surface area contributed by atoms with E-state index in [-0.39, 0.29) is 18.1 Å². The van der Waals surface area contributed by atoms with E-state index in [1.807, 2.05) is 42.5 Å². The quantitative estimate of drug-likeness (QED) is 0.138. The van der Waals surface area contributed by atoms with E-state index in [0.29, 0.717) is 17.0 Å². The zero-order valence-electron chi connectivity index (χ0n) is 22.7. The SMILES string of the molecule is COc1ccccc1[C@@H](O)[C@H]1C=C[C@H]2C(=O)N(Cc3cccc4ccccc34)C(=O)[C@H]2N1Nc1ccc([N+](=O)[O-])cc1. The predicted molar refractivity (Wildman–Crippen MR) is 156 cm³/mol. The molecule has 0 spiro atoms. The molecule has 0 saturated carbocycles. The number of benzene rings is 4. The van der Waals surface area contributed by atoms with Crippen LogP contribution in [0.5, 0.6) is 5.75 Å². The topological polar surface area (TPSA) is 125 Å². The number of hydrogen-bond acceptors (Lipinski definition) is 8.